The number of benzene rings is 2. The number of nitrogens with zero attached hydrogens (tertiary/aromatic N) is 3. The van der Waals surface area contributed by atoms with Gasteiger partial charge in [0.2, 0.25) is 0 Å². The summed E-state index contributed by atoms with van der Waals surface area (Å²) >= 11 is 0. The molecular formula is C22H21N3O2. The highest BCUT2D eigenvalue weighted by Crippen LogP contribution is 2.35. The topological polar surface area (TPSA) is 45.7 Å². The lowest BCUT2D eigenvalue weighted by atomic mass is 10.1. The van der Waals surface area contributed by atoms with E-state index in [1.165, 1.54) is 23.9 Å². The summed E-state index contributed by atoms with van der Waals surface area (Å²) in [5, 5.41) is 0. The summed E-state index contributed by atoms with van der Waals surface area (Å²) in [6.07, 6.45) is 3.88. The number of hydrogen-bond acceptors (Lipinski definition) is 4. The fraction of sp³-hybridized carbons (Fsp3) is 0.182. The van der Waals surface area contributed by atoms with Crippen molar-refractivity contribution >= 4 is 23.2 Å². The van der Waals surface area contributed by atoms with Crippen LogP contribution in [0, 0.1) is 0 Å². The van der Waals surface area contributed by atoms with E-state index in [1.54, 1.807) is 29.4 Å². The number of carbonyl (C=O) groups is 1. The molecule has 5 heteroatoms. The van der Waals surface area contributed by atoms with Gasteiger partial charge in [0.05, 0.1) is 18.5 Å². The molecule has 1 amide bonds. The van der Waals surface area contributed by atoms with Crippen LogP contribution < -0.4 is 9.80 Å². The zero-order valence-corrected chi connectivity index (χ0v) is 15.2. The Kier molecular flexibility index (Phi) is 4.75. The van der Waals surface area contributed by atoms with Crippen molar-refractivity contribution in [2.24, 2.45) is 0 Å². The van der Waals surface area contributed by atoms with Crippen LogP contribution in [0.5, 0.6) is 0 Å². The van der Waals surface area contributed by atoms with E-state index in [-0.39, 0.29) is 0 Å². The van der Waals surface area contributed by atoms with Crippen LogP contribution in [-0.4, -0.2) is 24.7 Å². The number of rotatable bonds is 4. The minimum atomic E-state index is -0.416. The molecule has 1 aliphatic rings. The summed E-state index contributed by atoms with van der Waals surface area (Å²) in [6, 6.07) is 20.2. The largest absolute Gasteiger partial charge is 0.452 e. The first-order valence-corrected chi connectivity index (χ1v) is 8.96. The Hall–Kier alpha value is -3.34. The Morgan fingerprint density at radius 1 is 1.07 bits per heavy atom. The third-order valence-corrected chi connectivity index (χ3v) is 4.81. The Labute approximate surface area is 158 Å². The minimum Gasteiger partial charge on any atom is -0.452 e. The molecule has 0 unspecified atom stereocenters. The summed E-state index contributed by atoms with van der Waals surface area (Å²) in [7, 11) is 1.39. The van der Waals surface area contributed by atoms with E-state index in [9.17, 15) is 4.79 Å². The first-order valence-electron chi connectivity index (χ1n) is 8.96. The van der Waals surface area contributed by atoms with E-state index in [0.717, 1.165) is 30.9 Å². The van der Waals surface area contributed by atoms with Crippen LogP contribution in [-0.2, 0) is 17.7 Å². The van der Waals surface area contributed by atoms with Gasteiger partial charge in [0.1, 0.15) is 0 Å². The van der Waals surface area contributed by atoms with Gasteiger partial charge in [0.25, 0.3) is 0 Å². The van der Waals surface area contributed by atoms with Crippen LogP contribution in [0.4, 0.5) is 21.9 Å². The van der Waals surface area contributed by atoms with E-state index in [0.29, 0.717) is 0 Å². The summed E-state index contributed by atoms with van der Waals surface area (Å²) < 4.78 is 5.00. The lowest BCUT2D eigenvalue weighted by Crippen LogP contribution is -2.25. The van der Waals surface area contributed by atoms with Gasteiger partial charge in [-0.25, -0.2) is 9.69 Å². The lowest BCUT2D eigenvalue weighted by Gasteiger charge is -2.23. The number of carbonyl (C=O) groups excluding carboxylic acids is 1. The van der Waals surface area contributed by atoms with Crippen molar-refractivity contribution in [1.29, 1.82) is 0 Å². The molecule has 0 aliphatic carbocycles. The van der Waals surface area contributed by atoms with Crippen LogP contribution in [0.15, 0.2) is 73.1 Å². The molecule has 27 heavy (non-hydrogen) atoms. The second-order valence-electron chi connectivity index (χ2n) is 6.48. The van der Waals surface area contributed by atoms with Gasteiger partial charge in [0.15, 0.2) is 0 Å². The first kappa shape index (κ1) is 17.1. The van der Waals surface area contributed by atoms with Crippen molar-refractivity contribution in [1.82, 2.24) is 4.98 Å². The highest BCUT2D eigenvalue weighted by molar-refractivity contribution is 5.96. The molecule has 0 bridgehead atoms. The normalized spacial score (nSPS) is 12.6. The molecule has 1 aromatic heterocycles. The maximum absolute atomic E-state index is 12.4. The molecule has 0 N–H and O–H groups in total. The first-order chi connectivity index (χ1) is 13.3. The molecule has 0 saturated heterocycles. The van der Waals surface area contributed by atoms with Gasteiger partial charge in [-0.05, 0) is 47.9 Å². The van der Waals surface area contributed by atoms with Crippen molar-refractivity contribution in [2.45, 2.75) is 13.0 Å². The summed E-state index contributed by atoms with van der Waals surface area (Å²) in [4.78, 5) is 20.4. The number of methoxy groups -OCH3 is 1. The number of ether oxygens (including phenoxy) is 1. The fourth-order valence-corrected chi connectivity index (χ4v) is 3.51. The number of fused-ring (bicyclic) bond motifs is 1. The quantitative estimate of drug-likeness (QED) is 0.686. The Bertz CT molecular complexity index is 929. The van der Waals surface area contributed by atoms with Gasteiger partial charge >= 0.3 is 6.09 Å². The van der Waals surface area contributed by atoms with E-state index < -0.39 is 6.09 Å². The smallest absolute Gasteiger partial charge is 0.418 e. The molecule has 4 rings (SSSR count). The molecule has 0 spiro atoms. The van der Waals surface area contributed by atoms with Crippen molar-refractivity contribution < 1.29 is 9.53 Å². The Morgan fingerprint density at radius 2 is 1.85 bits per heavy atom. The molecule has 2 heterocycles. The predicted molar refractivity (Wildman–Crippen MR) is 106 cm³/mol. The maximum Gasteiger partial charge on any atom is 0.418 e. The van der Waals surface area contributed by atoms with Gasteiger partial charge < -0.3 is 9.64 Å². The third-order valence-electron chi connectivity index (χ3n) is 4.81. The van der Waals surface area contributed by atoms with Crippen LogP contribution in [0.2, 0.25) is 0 Å². The van der Waals surface area contributed by atoms with Crippen molar-refractivity contribution in [3.8, 4) is 0 Å². The van der Waals surface area contributed by atoms with Gasteiger partial charge in [-0.15, -0.1) is 0 Å². The summed E-state index contributed by atoms with van der Waals surface area (Å²) in [5.74, 6) is 0. The summed E-state index contributed by atoms with van der Waals surface area (Å²) in [6.45, 7) is 1.86. The number of pyridine rings is 1. The molecule has 0 radical (unpaired) electrons. The van der Waals surface area contributed by atoms with Gasteiger partial charge in [-0.3, -0.25) is 4.98 Å². The SMILES string of the molecule is COC(=O)N(c1ccncc1)c1ccc2c(c1)CCN2Cc1ccccc1. The van der Waals surface area contributed by atoms with Gasteiger partial charge in [0, 0.05) is 31.2 Å². The highest BCUT2D eigenvalue weighted by Gasteiger charge is 2.24. The van der Waals surface area contributed by atoms with Gasteiger partial charge in [-0.1, -0.05) is 30.3 Å². The van der Waals surface area contributed by atoms with Gasteiger partial charge in [-0.2, -0.15) is 0 Å². The zero-order valence-electron chi connectivity index (χ0n) is 15.2. The van der Waals surface area contributed by atoms with Crippen LogP contribution in [0.1, 0.15) is 11.1 Å². The molecule has 5 nitrogen and oxygen atoms in total. The third kappa shape index (κ3) is 3.49. The molecule has 2 aromatic carbocycles. The molecule has 0 fully saturated rings. The second kappa shape index (κ2) is 7.50. The average Bonchev–Trinajstić information content (AvgIpc) is 3.12. The number of aromatic nitrogens is 1. The van der Waals surface area contributed by atoms with Crippen molar-refractivity contribution in [2.75, 3.05) is 23.5 Å². The minimum absolute atomic E-state index is 0.416. The van der Waals surface area contributed by atoms with E-state index in [2.05, 4.69) is 46.3 Å². The molecule has 0 atom stereocenters. The molecular weight excluding hydrogens is 338 g/mol. The lowest BCUT2D eigenvalue weighted by molar-refractivity contribution is 0.181. The molecule has 1 aliphatic heterocycles. The summed E-state index contributed by atoms with van der Waals surface area (Å²) in [5.41, 5.74) is 5.29. The monoisotopic (exact) mass is 359 g/mol. The molecule has 0 saturated carbocycles. The van der Waals surface area contributed by atoms with Crippen molar-refractivity contribution in [3.63, 3.8) is 0 Å². The molecule has 136 valence electrons. The van der Waals surface area contributed by atoms with Crippen LogP contribution in [0.25, 0.3) is 0 Å². The van der Waals surface area contributed by atoms with Crippen LogP contribution >= 0.6 is 0 Å². The van der Waals surface area contributed by atoms with E-state index in [4.69, 9.17) is 4.74 Å². The standard InChI is InChI=1S/C22H21N3O2/c1-27-22(26)25(19-9-12-23-13-10-19)20-7-8-21-18(15-20)11-14-24(21)16-17-5-3-2-4-6-17/h2-10,12-13,15H,11,14,16H2,1H3. The maximum atomic E-state index is 12.4. The second-order valence-corrected chi connectivity index (χ2v) is 6.48. The fourth-order valence-electron chi connectivity index (χ4n) is 3.51. The van der Waals surface area contributed by atoms with E-state index in [1.807, 2.05) is 12.1 Å². The zero-order chi connectivity index (χ0) is 18.6. The highest BCUT2D eigenvalue weighted by atomic mass is 16.5. The number of amides is 1. The Morgan fingerprint density at radius 3 is 2.59 bits per heavy atom. The average molecular weight is 359 g/mol. The van der Waals surface area contributed by atoms with E-state index >= 15 is 0 Å². The number of hydrogen-bond donors (Lipinski definition) is 0. The molecule has 3 aromatic rings. The number of anilines is 3. The predicted octanol–water partition coefficient (Wildman–Crippen LogP) is 4.55. The Balaban J connectivity index is 1.63. The van der Waals surface area contributed by atoms with Crippen LogP contribution in [0.3, 0.4) is 0 Å². The van der Waals surface area contributed by atoms with Crippen molar-refractivity contribution in [3.05, 3.63) is 84.2 Å².